The largest absolute Gasteiger partial charge is 0.402 e. The molecule has 0 aliphatic carbocycles. The Morgan fingerprint density at radius 2 is 2.10 bits per heavy atom. The molecule has 0 heterocycles. The average molecular weight is 140 g/mol. The van der Waals surface area contributed by atoms with Crippen molar-refractivity contribution in [3.05, 3.63) is 11.3 Å². The first-order valence-electron chi connectivity index (χ1n) is 3.74. The summed E-state index contributed by atoms with van der Waals surface area (Å²) in [4.78, 5) is 0. The van der Waals surface area contributed by atoms with Gasteiger partial charge in [0.05, 0.1) is 0 Å². The molecule has 0 spiro atoms. The van der Waals surface area contributed by atoms with Crippen LogP contribution in [0.5, 0.6) is 0 Å². The SMILES string of the molecule is CCC/C(N)=C(/C=N)CC. The summed E-state index contributed by atoms with van der Waals surface area (Å²) < 4.78 is 0. The van der Waals surface area contributed by atoms with Crippen molar-refractivity contribution in [1.82, 2.24) is 0 Å². The van der Waals surface area contributed by atoms with Gasteiger partial charge in [-0.3, -0.25) is 0 Å². The van der Waals surface area contributed by atoms with Crippen molar-refractivity contribution >= 4 is 6.21 Å². The highest BCUT2D eigenvalue weighted by molar-refractivity contribution is 5.76. The maximum absolute atomic E-state index is 7.01. The molecule has 0 saturated heterocycles. The van der Waals surface area contributed by atoms with Gasteiger partial charge in [-0.25, -0.2) is 0 Å². The fourth-order valence-electron chi connectivity index (χ4n) is 0.852. The molecule has 0 fully saturated rings. The summed E-state index contributed by atoms with van der Waals surface area (Å²) in [7, 11) is 0. The van der Waals surface area contributed by atoms with E-state index in [1.165, 1.54) is 6.21 Å². The molecule has 0 rings (SSSR count). The van der Waals surface area contributed by atoms with Gasteiger partial charge in [0, 0.05) is 11.9 Å². The van der Waals surface area contributed by atoms with Gasteiger partial charge in [-0.15, -0.1) is 0 Å². The van der Waals surface area contributed by atoms with Gasteiger partial charge in [-0.05, 0) is 18.4 Å². The molecule has 10 heavy (non-hydrogen) atoms. The summed E-state index contributed by atoms with van der Waals surface area (Å²) in [5.41, 5.74) is 7.53. The lowest BCUT2D eigenvalue weighted by atomic mass is 10.1. The van der Waals surface area contributed by atoms with Gasteiger partial charge < -0.3 is 11.1 Å². The van der Waals surface area contributed by atoms with E-state index in [9.17, 15) is 0 Å². The number of rotatable bonds is 4. The third kappa shape index (κ3) is 2.67. The molecule has 0 atom stereocenters. The molecule has 0 unspecified atom stereocenters. The standard InChI is InChI=1S/C8H16N2/c1-3-5-8(10)7(4-2)6-9/h6,9H,3-5,10H2,1-2H3/b8-7-,9-6?. The van der Waals surface area contributed by atoms with E-state index in [1.54, 1.807) is 0 Å². The minimum absolute atomic E-state index is 0.870. The van der Waals surface area contributed by atoms with Crippen molar-refractivity contribution < 1.29 is 0 Å². The Bertz CT molecular complexity index is 136. The average Bonchev–Trinajstić information content (AvgIpc) is 1.91. The van der Waals surface area contributed by atoms with Crippen molar-refractivity contribution in [2.45, 2.75) is 33.1 Å². The Morgan fingerprint density at radius 3 is 2.40 bits per heavy atom. The number of hydrogen-bond acceptors (Lipinski definition) is 2. The Kier molecular flexibility index (Phi) is 4.63. The highest BCUT2D eigenvalue weighted by Crippen LogP contribution is 2.06. The van der Waals surface area contributed by atoms with E-state index in [2.05, 4.69) is 6.92 Å². The van der Waals surface area contributed by atoms with Gasteiger partial charge >= 0.3 is 0 Å². The topological polar surface area (TPSA) is 49.9 Å². The first-order valence-corrected chi connectivity index (χ1v) is 3.74. The number of nitrogens with two attached hydrogens (primary N) is 1. The maximum atomic E-state index is 7.01. The van der Waals surface area contributed by atoms with E-state index in [0.717, 1.165) is 30.5 Å². The first kappa shape index (κ1) is 9.21. The zero-order valence-corrected chi connectivity index (χ0v) is 6.78. The fraction of sp³-hybridized carbons (Fsp3) is 0.625. The Labute approximate surface area is 62.6 Å². The van der Waals surface area contributed by atoms with E-state index >= 15 is 0 Å². The van der Waals surface area contributed by atoms with Crippen molar-refractivity contribution in [2.24, 2.45) is 5.73 Å². The van der Waals surface area contributed by atoms with Gasteiger partial charge in [0.2, 0.25) is 0 Å². The Morgan fingerprint density at radius 1 is 1.50 bits per heavy atom. The molecule has 0 radical (unpaired) electrons. The molecule has 2 nitrogen and oxygen atoms in total. The van der Waals surface area contributed by atoms with Crippen LogP contribution in [-0.2, 0) is 0 Å². The summed E-state index contributed by atoms with van der Waals surface area (Å²) in [6.45, 7) is 4.10. The summed E-state index contributed by atoms with van der Waals surface area (Å²) in [6.07, 6.45) is 4.20. The van der Waals surface area contributed by atoms with Crippen LogP contribution in [-0.4, -0.2) is 6.21 Å². The molecular weight excluding hydrogens is 124 g/mol. The van der Waals surface area contributed by atoms with E-state index in [-0.39, 0.29) is 0 Å². The molecule has 0 amide bonds. The van der Waals surface area contributed by atoms with E-state index in [1.807, 2.05) is 6.92 Å². The zero-order valence-electron chi connectivity index (χ0n) is 6.78. The van der Waals surface area contributed by atoms with Crippen LogP contribution in [0.15, 0.2) is 11.3 Å². The van der Waals surface area contributed by atoms with Crippen LogP contribution in [0.2, 0.25) is 0 Å². The van der Waals surface area contributed by atoms with Crippen molar-refractivity contribution in [2.75, 3.05) is 0 Å². The third-order valence-electron chi connectivity index (χ3n) is 1.49. The van der Waals surface area contributed by atoms with Gasteiger partial charge in [-0.2, -0.15) is 0 Å². The minimum Gasteiger partial charge on any atom is -0.402 e. The van der Waals surface area contributed by atoms with Gasteiger partial charge in [0.15, 0.2) is 0 Å². The lowest BCUT2D eigenvalue weighted by molar-refractivity contribution is 0.875. The second-order valence-electron chi connectivity index (χ2n) is 2.30. The predicted molar refractivity (Wildman–Crippen MR) is 45.2 cm³/mol. The molecule has 2 heteroatoms. The molecule has 0 bridgehead atoms. The smallest absolute Gasteiger partial charge is 0.0226 e. The zero-order chi connectivity index (χ0) is 7.98. The second kappa shape index (κ2) is 5.03. The van der Waals surface area contributed by atoms with E-state index in [0.29, 0.717) is 0 Å². The summed E-state index contributed by atoms with van der Waals surface area (Å²) in [5.74, 6) is 0. The van der Waals surface area contributed by atoms with E-state index < -0.39 is 0 Å². The number of hydrogen-bond donors (Lipinski definition) is 2. The molecule has 0 aromatic carbocycles. The van der Waals surface area contributed by atoms with Gasteiger partial charge in [-0.1, -0.05) is 20.3 Å². The quantitative estimate of drug-likeness (QED) is 0.577. The highest BCUT2D eigenvalue weighted by atomic mass is 14.6. The Hall–Kier alpha value is -0.790. The molecule has 0 aromatic heterocycles. The van der Waals surface area contributed by atoms with E-state index in [4.69, 9.17) is 11.1 Å². The molecule has 0 aromatic rings. The van der Waals surface area contributed by atoms with Crippen molar-refractivity contribution in [3.8, 4) is 0 Å². The number of nitrogens with one attached hydrogen (secondary N) is 1. The minimum atomic E-state index is 0.870. The second-order valence-corrected chi connectivity index (χ2v) is 2.30. The summed E-state index contributed by atoms with van der Waals surface area (Å²) in [6, 6.07) is 0. The van der Waals surface area contributed by atoms with Crippen molar-refractivity contribution in [3.63, 3.8) is 0 Å². The normalized spacial score (nSPS) is 12.6. The molecule has 0 saturated carbocycles. The van der Waals surface area contributed by atoms with Crippen molar-refractivity contribution in [1.29, 1.82) is 5.41 Å². The third-order valence-corrected chi connectivity index (χ3v) is 1.49. The van der Waals surface area contributed by atoms with Crippen LogP contribution < -0.4 is 5.73 Å². The van der Waals surface area contributed by atoms with Crippen LogP contribution >= 0.6 is 0 Å². The molecule has 0 aliphatic heterocycles. The van der Waals surface area contributed by atoms with Crippen LogP contribution in [0.25, 0.3) is 0 Å². The predicted octanol–water partition coefficient (Wildman–Crippen LogP) is 2.06. The Balaban J connectivity index is 4.12. The molecule has 3 N–H and O–H groups in total. The monoisotopic (exact) mass is 140 g/mol. The van der Waals surface area contributed by atoms with Gasteiger partial charge in [0.1, 0.15) is 0 Å². The van der Waals surface area contributed by atoms with Gasteiger partial charge in [0.25, 0.3) is 0 Å². The van der Waals surface area contributed by atoms with Crippen LogP contribution in [0.1, 0.15) is 33.1 Å². The summed E-state index contributed by atoms with van der Waals surface area (Å²) in [5, 5.41) is 7.01. The fourth-order valence-corrected chi connectivity index (χ4v) is 0.852. The maximum Gasteiger partial charge on any atom is 0.0226 e. The number of allylic oxidation sites excluding steroid dienone is 2. The first-order chi connectivity index (χ1) is 4.76. The molecular formula is C8H16N2. The lowest BCUT2D eigenvalue weighted by Crippen LogP contribution is -2.02. The molecule has 58 valence electrons. The summed E-state index contributed by atoms with van der Waals surface area (Å²) >= 11 is 0. The van der Waals surface area contributed by atoms with Crippen LogP contribution in [0.4, 0.5) is 0 Å². The molecule has 0 aliphatic rings. The lowest BCUT2D eigenvalue weighted by Gasteiger charge is -2.02. The van der Waals surface area contributed by atoms with Crippen LogP contribution in [0.3, 0.4) is 0 Å². The van der Waals surface area contributed by atoms with Crippen LogP contribution in [0, 0.1) is 5.41 Å². The highest BCUT2D eigenvalue weighted by Gasteiger charge is 1.95.